The number of hydrogen-bond donors (Lipinski definition) is 1. The molecule has 2 aromatic rings. The average Bonchev–Trinajstić information content (AvgIpc) is 3.29. The zero-order chi connectivity index (χ0) is 23.5. The van der Waals surface area contributed by atoms with E-state index in [2.05, 4.69) is 0 Å². The van der Waals surface area contributed by atoms with Crippen LogP contribution in [-0.4, -0.2) is 50.5 Å². The van der Waals surface area contributed by atoms with Crippen molar-refractivity contribution in [2.24, 2.45) is 5.92 Å². The number of carbonyl (C=O) groups is 2. The number of ether oxygens (including phenoxy) is 4. The molecule has 1 N–H and O–H groups in total. The molecule has 0 saturated carbocycles. The molecule has 1 heterocycles. The topological polar surface area (TPSA) is 91.3 Å². The lowest BCUT2D eigenvalue weighted by atomic mass is 9.78. The lowest BCUT2D eigenvalue weighted by Crippen LogP contribution is -2.39. The molecule has 0 aliphatic carbocycles. The number of aliphatic hydroxyl groups is 1. The third kappa shape index (κ3) is 4.47. The van der Waals surface area contributed by atoms with Gasteiger partial charge >= 0.3 is 5.97 Å². The van der Waals surface area contributed by atoms with Crippen LogP contribution in [0, 0.1) is 5.92 Å². The Morgan fingerprint density at radius 3 is 2.16 bits per heavy atom. The van der Waals surface area contributed by atoms with Crippen molar-refractivity contribution in [3.63, 3.8) is 0 Å². The van der Waals surface area contributed by atoms with E-state index in [1.807, 2.05) is 0 Å². The second-order valence-corrected chi connectivity index (χ2v) is 8.58. The lowest BCUT2D eigenvalue weighted by Gasteiger charge is -2.33. The minimum Gasteiger partial charge on any atom is -0.497 e. The van der Waals surface area contributed by atoms with Crippen LogP contribution in [0.4, 0.5) is 0 Å². The fourth-order valence-corrected chi connectivity index (χ4v) is 5.08. The molecule has 0 saturated heterocycles. The van der Waals surface area contributed by atoms with E-state index in [1.165, 1.54) is 21.3 Å². The minimum atomic E-state index is -1.44. The number of carbonyl (C=O) groups excluding carboxylic acids is 2. The monoisotopic (exact) mass is 458 g/mol. The maximum atomic E-state index is 13.5. The number of thioether (sulfide) groups is 1. The summed E-state index contributed by atoms with van der Waals surface area (Å²) in [7, 11) is 5.85. The van der Waals surface area contributed by atoms with Crippen LogP contribution in [0.25, 0.3) is 0 Å². The predicted octanol–water partition coefficient (Wildman–Crippen LogP) is 3.59. The van der Waals surface area contributed by atoms with Crippen molar-refractivity contribution in [1.82, 2.24) is 0 Å². The van der Waals surface area contributed by atoms with E-state index in [1.54, 1.807) is 62.6 Å². The molecule has 2 aromatic carbocycles. The van der Waals surface area contributed by atoms with Gasteiger partial charge in [-0.2, -0.15) is 0 Å². The summed E-state index contributed by atoms with van der Waals surface area (Å²) in [5.74, 6) is 0.0851. The molecule has 0 fully saturated rings. The van der Waals surface area contributed by atoms with Crippen molar-refractivity contribution in [2.45, 2.75) is 17.8 Å². The molecule has 1 unspecified atom stereocenters. The highest BCUT2D eigenvalue weighted by molar-refractivity contribution is 8.05. The molecule has 3 atom stereocenters. The van der Waals surface area contributed by atoms with Crippen LogP contribution >= 0.6 is 11.8 Å². The first-order chi connectivity index (χ1) is 15.3. The fourth-order valence-electron chi connectivity index (χ4n) is 3.66. The zero-order valence-corrected chi connectivity index (χ0v) is 19.4. The molecule has 0 bridgehead atoms. The first-order valence-electron chi connectivity index (χ1n) is 9.86. The molecule has 170 valence electrons. The average molecular weight is 459 g/mol. The van der Waals surface area contributed by atoms with E-state index >= 15 is 0 Å². The lowest BCUT2D eigenvalue weighted by molar-refractivity contribution is -0.135. The number of methoxy groups -OCH3 is 4. The third-order valence-corrected chi connectivity index (χ3v) is 6.87. The van der Waals surface area contributed by atoms with Gasteiger partial charge in [-0.1, -0.05) is 18.2 Å². The third-order valence-electron chi connectivity index (χ3n) is 5.55. The number of hydrogen-bond acceptors (Lipinski definition) is 8. The van der Waals surface area contributed by atoms with Crippen LogP contribution < -0.4 is 14.2 Å². The smallest absolute Gasteiger partial charge is 0.344 e. The van der Waals surface area contributed by atoms with Gasteiger partial charge in [0.2, 0.25) is 0 Å². The summed E-state index contributed by atoms with van der Waals surface area (Å²) in [5.41, 5.74) is -0.460. The second-order valence-electron chi connectivity index (χ2n) is 7.40. The summed E-state index contributed by atoms with van der Waals surface area (Å²) in [4.78, 5) is 26.0. The number of benzene rings is 2. The Morgan fingerprint density at radius 2 is 1.59 bits per heavy atom. The number of ketones is 1. The summed E-state index contributed by atoms with van der Waals surface area (Å²) in [6.45, 7) is 1.63. The number of Topliss-reactive ketones (excluding diaryl/α,β-unsaturated/α-hetero) is 1. The van der Waals surface area contributed by atoms with Crippen LogP contribution in [0.2, 0.25) is 0 Å². The van der Waals surface area contributed by atoms with Gasteiger partial charge in [0.15, 0.2) is 17.3 Å². The summed E-state index contributed by atoms with van der Waals surface area (Å²) >= 11 is 1.09. The Bertz CT molecular complexity index is 1030. The molecule has 1 aliphatic heterocycles. The largest absolute Gasteiger partial charge is 0.497 e. The van der Waals surface area contributed by atoms with Crippen molar-refractivity contribution in [2.75, 3.05) is 28.4 Å². The van der Waals surface area contributed by atoms with E-state index < -0.39 is 22.7 Å². The first-order valence-corrected chi connectivity index (χ1v) is 10.7. The number of rotatable bonds is 8. The molecule has 1 aliphatic rings. The van der Waals surface area contributed by atoms with Crippen molar-refractivity contribution < 1.29 is 33.6 Å². The van der Waals surface area contributed by atoms with Gasteiger partial charge in [-0.3, -0.25) is 4.79 Å². The molecule has 0 aromatic heterocycles. The van der Waals surface area contributed by atoms with E-state index in [0.29, 0.717) is 28.4 Å². The van der Waals surface area contributed by atoms with Gasteiger partial charge in [0.05, 0.1) is 44.2 Å². The highest BCUT2D eigenvalue weighted by Crippen LogP contribution is 2.47. The summed E-state index contributed by atoms with van der Waals surface area (Å²) in [5, 5.41) is 10.8. The maximum absolute atomic E-state index is 13.5. The molecule has 0 radical (unpaired) electrons. The van der Waals surface area contributed by atoms with Crippen molar-refractivity contribution in [1.29, 1.82) is 0 Å². The Balaban J connectivity index is 2.01. The predicted molar refractivity (Wildman–Crippen MR) is 121 cm³/mol. The van der Waals surface area contributed by atoms with Crippen molar-refractivity contribution >= 4 is 23.5 Å². The zero-order valence-electron chi connectivity index (χ0n) is 18.6. The molecule has 8 heteroatoms. The molecule has 3 rings (SSSR count). The standard InChI is InChI=1S/C24H26O7S/c1-24(27,15-7-9-16(28-2)10-8-15)17-13-20(23(26)31-5)32-22(17)21(25)14-6-11-18(29-3)19(12-14)30-4/h6-13,17,22,27H,1-5H3/t17-,22-,24?/m1/s1. The van der Waals surface area contributed by atoms with Crippen molar-refractivity contribution in [3.05, 3.63) is 64.6 Å². The Kier molecular flexibility index (Phi) is 7.16. The number of esters is 1. The van der Waals surface area contributed by atoms with Crippen LogP contribution in [0.1, 0.15) is 22.8 Å². The van der Waals surface area contributed by atoms with Gasteiger partial charge in [0, 0.05) is 11.5 Å². The molecular formula is C24H26O7S. The quantitative estimate of drug-likeness (QED) is 0.474. The van der Waals surface area contributed by atoms with Gasteiger partial charge in [0.1, 0.15) is 5.75 Å². The molecule has 7 nitrogen and oxygen atoms in total. The minimum absolute atomic E-state index is 0.245. The highest BCUT2D eigenvalue weighted by Gasteiger charge is 2.47. The maximum Gasteiger partial charge on any atom is 0.344 e. The molecular weight excluding hydrogens is 432 g/mol. The summed E-state index contributed by atoms with van der Waals surface area (Å²) in [6.07, 6.45) is 1.62. The Hall–Kier alpha value is -2.97. The van der Waals surface area contributed by atoms with Gasteiger partial charge in [-0.15, -0.1) is 11.8 Å². The molecule has 0 spiro atoms. The van der Waals surface area contributed by atoms with Crippen LogP contribution in [0.15, 0.2) is 53.4 Å². The van der Waals surface area contributed by atoms with E-state index in [0.717, 1.165) is 11.8 Å². The van der Waals surface area contributed by atoms with E-state index in [-0.39, 0.29) is 10.7 Å². The summed E-state index contributed by atoms with van der Waals surface area (Å²) < 4.78 is 20.6. The molecule has 32 heavy (non-hydrogen) atoms. The highest BCUT2D eigenvalue weighted by atomic mass is 32.2. The van der Waals surface area contributed by atoms with Gasteiger partial charge in [-0.05, 0) is 42.8 Å². The SMILES string of the molecule is COC(=O)C1=C[C@@H](C(C)(O)c2ccc(OC)cc2)[C@H](C(=O)c2ccc(OC)c(OC)c2)S1. The van der Waals surface area contributed by atoms with Crippen LogP contribution in [0.5, 0.6) is 17.2 Å². The van der Waals surface area contributed by atoms with Crippen molar-refractivity contribution in [3.8, 4) is 17.2 Å². The van der Waals surface area contributed by atoms with Crippen LogP contribution in [-0.2, 0) is 15.1 Å². The van der Waals surface area contributed by atoms with Gasteiger partial charge in [0.25, 0.3) is 0 Å². The van der Waals surface area contributed by atoms with E-state index in [4.69, 9.17) is 18.9 Å². The molecule has 0 amide bonds. The first kappa shape index (κ1) is 23.7. The van der Waals surface area contributed by atoms with Gasteiger partial charge in [-0.25, -0.2) is 4.79 Å². The Morgan fingerprint density at radius 1 is 0.938 bits per heavy atom. The van der Waals surface area contributed by atoms with E-state index in [9.17, 15) is 14.7 Å². The van der Waals surface area contributed by atoms with Gasteiger partial charge < -0.3 is 24.1 Å². The van der Waals surface area contributed by atoms with Crippen LogP contribution in [0.3, 0.4) is 0 Å². The fraction of sp³-hybridized carbons (Fsp3) is 0.333. The normalized spacial score (nSPS) is 19.5. The Labute approximate surface area is 191 Å². The second kappa shape index (κ2) is 9.67. The summed E-state index contributed by atoms with van der Waals surface area (Å²) in [6, 6.07) is 11.8.